The highest BCUT2D eigenvalue weighted by Gasteiger charge is 2.23. The van der Waals surface area contributed by atoms with E-state index in [4.69, 9.17) is 0 Å². The van der Waals surface area contributed by atoms with Crippen molar-refractivity contribution in [1.29, 1.82) is 0 Å². The number of carbonyl (C=O) groups is 1. The minimum atomic E-state index is 0.243. The summed E-state index contributed by atoms with van der Waals surface area (Å²) < 4.78 is 0. The maximum atomic E-state index is 12.5. The van der Waals surface area contributed by atoms with Crippen molar-refractivity contribution in [3.8, 4) is 0 Å². The Labute approximate surface area is 144 Å². The quantitative estimate of drug-likeness (QED) is 0.844. The fraction of sp³-hybridized carbons (Fsp3) is 0.381. The van der Waals surface area contributed by atoms with Crippen LogP contribution in [0.1, 0.15) is 22.3 Å². The van der Waals surface area contributed by atoms with Gasteiger partial charge in [0, 0.05) is 26.2 Å². The lowest BCUT2D eigenvalue weighted by Crippen LogP contribution is -2.50. The highest BCUT2D eigenvalue weighted by molar-refractivity contribution is 5.79. The van der Waals surface area contributed by atoms with E-state index in [9.17, 15) is 4.79 Å². The Morgan fingerprint density at radius 1 is 0.917 bits per heavy atom. The van der Waals surface area contributed by atoms with Crippen LogP contribution in [-0.4, -0.2) is 41.9 Å². The molecule has 24 heavy (non-hydrogen) atoms. The van der Waals surface area contributed by atoms with Gasteiger partial charge in [0.25, 0.3) is 0 Å². The molecule has 1 heterocycles. The van der Waals surface area contributed by atoms with E-state index < -0.39 is 0 Å². The van der Waals surface area contributed by atoms with Gasteiger partial charge in [0.2, 0.25) is 5.91 Å². The molecule has 1 amide bonds. The number of benzene rings is 2. The van der Waals surface area contributed by atoms with Gasteiger partial charge in [0.05, 0.1) is 6.54 Å². The molecule has 0 aliphatic carbocycles. The Bertz CT molecular complexity index is 696. The molecule has 0 bridgehead atoms. The van der Waals surface area contributed by atoms with Gasteiger partial charge in [-0.2, -0.15) is 0 Å². The summed E-state index contributed by atoms with van der Waals surface area (Å²) in [5, 5.41) is 0. The van der Waals surface area contributed by atoms with Crippen molar-refractivity contribution in [2.75, 3.05) is 26.2 Å². The van der Waals surface area contributed by atoms with E-state index in [0.29, 0.717) is 6.54 Å². The molecule has 0 unspecified atom stereocenters. The van der Waals surface area contributed by atoms with Gasteiger partial charge < -0.3 is 4.90 Å². The summed E-state index contributed by atoms with van der Waals surface area (Å²) in [6.45, 7) is 8.25. The molecule has 1 aliphatic rings. The van der Waals surface area contributed by atoms with Gasteiger partial charge in [-0.1, -0.05) is 48.5 Å². The largest absolute Gasteiger partial charge is 0.336 e. The Morgan fingerprint density at radius 2 is 1.71 bits per heavy atom. The molecule has 0 spiro atoms. The zero-order valence-corrected chi connectivity index (χ0v) is 14.7. The van der Waals surface area contributed by atoms with Crippen molar-refractivity contribution in [3.05, 3.63) is 70.8 Å². The van der Waals surface area contributed by atoms with Crippen LogP contribution in [-0.2, 0) is 17.8 Å². The maximum Gasteiger partial charge on any atom is 0.237 e. The third-order valence-electron chi connectivity index (χ3n) is 4.90. The molecule has 1 aliphatic heterocycles. The molecule has 3 heteroatoms. The van der Waals surface area contributed by atoms with Crippen LogP contribution in [0.3, 0.4) is 0 Å². The van der Waals surface area contributed by atoms with E-state index in [1.165, 1.54) is 22.3 Å². The molecule has 3 rings (SSSR count). The number of rotatable bonds is 5. The van der Waals surface area contributed by atoms with Crippen LogP contribution in [0.4, 0.5) is 0 Å². The minimum Gasteiger partial charge on any atom is -0.336 e. The van der Waals surface area contributed by atoms with Gasteiger partial charge in [-0.15, -0.1) is 0 Å². The van der Waals surface area contributed by atoms with Gasteiger partial charge in [-0.3, -0.25) is 9.69 Å². The lowest BCUT2D eigenvalue weighted by molar-refractivity contribution is -0.136. The van der Waals surface area contributed by atoms with Crippen LogP contribution in [0.5, 0.6) is 0 Å². The highest BCUT2D eigenvalue weighted by atomic mass is 16.2. The molecule has 2 aromatic rings. The predicted octanol–water partition coefficient (Wildman–Crippen LogP) is 3.19. The smallest absolute Gasteiger partial charge is 0.237 e. The number of hydrogen-bond donors (Lipinski definition) is 0. The van der Waals surface area contributed by atoms with Crippen molar-refractivity contribution in [2.24, 2.45) is 0 Å². The number of piperazine rings is 1. The summed E-state index contributed by atoms with van der Waals surface area (Å²) in [5.41, 5.74) is 5.16. The first-order valence-corrected chi connectivity index (χ1v) is 8.72. The molecule has 2 aromatic carbocycles. The van der Waals surface area contributed by atoms with Crippen molar-refractivity contribution < 1.29 is 4.79 Å². The van der Waals surface area contributed by atoms with Crippen LogP contribution < -0.4 is 0 Å². The maximum absolute atomic E-state index is 12.5. The number of carbonyl (C=O) groups excluding carboxylic acids is 1. The summed E-state index contributed by atoms with van der Waals surface area (Å²) in [5.74, 6) is 0.243. The van der Waals surface area contributed by atoms with E-state index in [1.807, 2.05) is 11.0 Å². The summed E-state index contributed by atoms with van der Waals surface area (Å²) in [6, 6.07) is 17.0. The first-order valence-electron chi connectivity index (χ1n) is 8.72. The molecule has 1 fully saturated rings. The van der Waals surface area contributed by atoms with Crippen LogP contribution in [0.25, 0.3) is 0 Å². The summed E-state index contributed by atoms with van der Waals surface area (Å²) in [4.78, 5) is 16.7. The predicted molar refractivity (Wildman–Crippen MR) is 97.9 cm³/mol. The van der Waals surface area contributed by atoms with Crippen molar-refractivity contribution in [3.63, 3.8) is 0 Å². The molecule has 0 aromatic heterocycles. The van der Waals surface area contributed by atoms with Crippen molar-refractivity contribution in [1.82, 2.24) is 9.80 Å². The molecule has 0 radical (unpaired) electrons. The van der Waals surface area contributed by atoms with Crippen LogP contribution in [0.15, 0.2) is 48.5 Å². The fourth-order valence-corrected chi connectivity index (χ4v) is 3.17. The standard InChI is InChI=1S/C21H26N2O/c1-17-8-9-20(14-18(17)2)15-23-13-12-22(16-21(23)24)11-10-19-6-4-3-5-7-19/h3-9,14H,10-13,15-16H2,1-2H3. The summed E-state index contributed by atoms with van der Waals surface area (Å²) in [6.07, 6.45) is 1.01. The van der Waals surface area contributed by atoms with E-state index in [2.05, 4.69) is 61.2 Å². The number of amides is 1. The average molecular weight is 322 g/mol. The number of aryl methyl sites for hydroxylation is 2. The molecule has 0 atom stereocenters. The molecule has 1 saturated heterocycles. The second-order valence-corrected chi connectivity index (χ2v) is 6.75. The fourth-order valence-electron chi connectivity index (χ4n) is 3.17. The van der Waals surface area contributed by atoms with E-state index in [-0.39, 0.29) is 5.91 Å². The third kappa shape index (κ3) is 4.24. The highest BCUT2D eigenvalue weighted by Crippen LogP contribution is 2.14. The van der Waals surface area contributed by atoms with Gasteiger partial charge in [0.1, 0.15) is 0 Å². The monoisotopic (exact) mass is 322 g/mol. The lowest BCUT2D eigenvalue weighted by atomic mass is 10.1. The van der Waals surface area contributed by atoms with Gasteiger partial charge >= 0.3 is 0 Å². The van der Waals surface area contributed by atoms with Crippen LogP contribution in [0.2, 0.25) is 0 Å². The zero-order chi connectivity index (χ0) is 16.9. The van der Waals surface area contributed by atoms with Crippen LogP contribution >= 0.6 is 0 Å². The molecule has 3 nitrogen and oxygen atoms in total. The topological polar surface area (TPSA) is 23.6 Å². The first-order chi connectivity index (χ1) is 11.6. The number of hydrogen-bond acceptors (Lipinski definition) is 2. The Kier molecular flexibility index (Phi) is 5.31. The SMILES string of the molecule is Cc1ccc(CN2CCN(CCc3ccccc3)CC2=O)cc1C. The minimum absolute atomic E-state index is 0.243. The Hall–Kier alpha value is -2.13. The second kappa shape index (κ2) is 7.63. The molecule has 0 saturated carbocycles. The average Bonchev–Trinajstić information content (AvgIpc) is 2.59. The zero-order valence-electron chi connectivity index (χ0n) is 14.7. The molecule has 0 N–H and O–H groups in total. The van der Waals surface area contributed by atoms with Gasteiger partial charge in [-0.25, -0.2) is 0 Å². The number of nitrogens with zero attached hydrogens (tertiary/aromatic N) is 2. The molecular formula is C21H26N2O. The van der Waals surface area contributed by atoms with Crippen molar-refractivity contribution >= 4 is 5.91 Å². The van der Waals surface area contributed by atoms with Crippen molar-refractivity contribution in [2.45, 2.75) is 26.8 Å². The van der Waals surface area contributed by atoms with Crippen LogP contribution in [0, 0.1) is 13.8 Å². The lowest BCUT2D eigenvalue weighted by Gasteiger charge is -2.34. The van der Waals surface area contributed by atoms with Gasteiger partial charge in [0.15, 0.2) is 0 Å². The van der Waals surface area contributed by atoms with Gasteiger partial charge in [-0.05, 0) is 42.5 Å². The summed E-state index contributed by atoms with van der Waals surface area (Å²) >= 11 is 0. The second-order valence-electron chi connectivity index (χ2n) is 6.75. The molecular weight excluding hydrogens is 296 g/mol. The Balaban J connectivity index is 1.51. The molecule has 126 valence electrons. The van der Waals surface area contributed by atoms with E-state index in [0.717, 1.165) is 32.6 Å². The van der Waals surface area contributed by atoms with E-state index in [1.54, 1.807) is 0 Å². The first kappa shape index (κ1) is 16.7. The normalized spacial score (nSPS) is 15.8. The third-order valence-corrected chi connectivity index (χ3v) is 4.90. The summed E-state index contributed by atoms with van der Waals surface area (Å²) in [7, 11) is 0. The Morgan fingerprint density at radius 3 is 2.42 bits per heavy atom. The van der Waals surface area contributed by atoms with E-state index >= 15 is 0 Å².